The minimum atomic E-state index is -0.104. The quantitative estimate of drug-likeness (QED) is 0.806. The van der Waals surface area contributed by atoms with Crippen LogP contribution >= 0.6 is 0 Å². The molecule has 0 saturated heterocycles. The Kier molecular flexibility index (Phi) is 5.33. The summed E-state index contributed by atoms with van der Waals surface area (Å²) in [6.07, 6.45) is 0. The minimum absolute atomic E-state index is 0.104. The van der Waals surface area contributed by atoms with E-state index in [1.807, 2.05) is 30.0 Å². The van der Waals surface area contributed by atoms with Crippen LogP contribution in [0, 0.1) is 13.8 Å². The molecule has 0 saturated carbocycles. The van der Waals surface area contributed by atoms with E-state index in [1.165, 1.54) is 5.56 Å². The summed E-state index contributed by atoms with van der Waals surface area (Å²) >= 11 is 0. The van der Waals surface area contributed by atoms with Crippen LogP contribution in [0.4, 0.5) is 5.69 Å². The monoisotopic (exact) mass is 351 g/mol. The fourth-order valence-corrected chi connectivity index (χ4v) is 3.96. The van der Waals surface area contributed by atoms with Crippen LogP contribution in [0.15, 0.2) is 36.4 Å². The summed E-state index contributed by atoms with van der Waals surface area (Å²) in [6, 6.07) is 12.1. The summed E-state index contributed by atoms with van der Waals surface area (Å²) in [7, 11) is 0. The van der Waals surface area contributed by atoms with Crippen LogP contribution in [0.1, 0.15) is 52.5 Å². The number of rotatable bonds is 6. The lowest BCUT2D eigenvalue weighted by molar-refractivity contribution is 0.0729. The molecule has 3 rings (SSSR count). The normalized spacial score (nSPS) is 16.4. The lowest BCUT2D eigenvalue weighted by Gasteiger charge is -2.30. The number of carbonyl (C=O) groups is 1. The Morgan fingerprint density at radius 2 is 1.77 bits per heavy atom. The summed E-state index contributed by atoms with van der Waals surface area (Å²) in [5.41, 5.74) is 12.4. The number of fused-ring (bicyclic) bond motifs is 1. The van der Waals surface area contributed by atoms with E-state index in [9.17, 15) is 4.79 Å². The molecule has 0 aliphatic carbocycles. The van der Waals surface area contributed by atoms with Gasteiger partial charge in [0, 0.05) is 29.9 Å². The predicted octanol–water partition coefficient (Wildman–Crippen LogP) is 3.77. The molecule has 2 aromatic rings. The van der Waals surface area contributed by atoms with Crippen LogP contribution in [0.3, 0.4) is 0 Å². The summed E-state index contributed by atoms with van der Waals surface area (Å²) in [5, 5.41) is 0. The Labute approximate surface area is 156 Å². The maximum Gasteiger partial charge on any atom is 0.255 e. The molecule has 1 amide bonds. The topological polar surface area (TPSA) is 49.6 Å². The van der Waals surface area contributed by atoms with Gasteiger partial charge in [0.25, 0.3) is 5.91 Å². The van der Waals surface area contributed by atoms with Gasteiger partial charge in [-0.1, -0.05) is 49.7 Å². The molecule has 138 valence electrons. The van der Waals surface area contributed by atoms with Crippen LogP contribution in [0.2, 0.25) is 0 Å². The minimum Gasteiger partial charge on any atom is -0.398 e. The third kappa shape index (κ3) is 3.21. The van der Waals surface area contributed by atoms with E-state index in [0.29, 0.717) is 6.54 Å². The molecular weight excluding hydrogens is 322 g/mol. The lowest BCUT2D eigenvalue weighted by atomic mass is 9.93. The molecule has 0 aromatic heterocycles. The Morgan fingerprint density at radius 1 is 1.08 bits per heavy atom. The average Bonchev–Trinajstić information content (AvgIpc) is 2.91. The molecular formula is C22H29N3O. The lowest BCUT2D eigenvalue weighted by Crippen LogP contribution is -2.37. The van der Waals surface area contributed by atoms with Gasteiger partial charge in [-0.3, -0.25) is 4.79 Å². The second kappa shape index (κ2) is 7.50. The first kappa shape index (κ1) is 18.5. The van der Waals surface area contributed by atoms with Crippen molar-refractivity contribution < 1.29 is 4.79 Å². The van der Waals surface area contributed by atoms with Gasteiger partial charge in [-0.25, -0.2) is 0 Å². The van der Waals surface area contributed by atoms with Crippen molar-refractivity contribution in [2.75, 3.05) is 31.9 Å². The number of amides is 1. The van der Waals surface area contributed by atoms with Crippen LogP contribution in [-0.4, -0.2) is 41.9 Å². The van der Waals surface area contributed by atoms with Crippen molar-refractivity contribution in [2.45, 2.75) is 33.7 Å². The van der Waals surface area contributed by atoms with Gasteiger partial charge in [0.1, 0.15) is 0 Å². The highest BCUT2D eigenvalue weighted by Gasteiger charge is 2.38. The number of carbonyl (C=O) groups excluding carboxylic acids is 1. The molecule has 1 aliphatic rings. The number of hydrogen-bond donors (Lipinski definition) is 1. The largest absolute Gasteiger partial charge is 0.398 e. The third-order valence-corrected chi connectivity index (χ3v) is 5.47. The van der Waals surface area contributed by atoms with Gasteiger partial charge in [0.05, 0.1) is 6.04 Å². The van der Waals surface area contributed by atoms with Crippen LogP contribution < -0.4 is 5.73 Å². The molecule has 1 unspecified atom stereocenters. The molecule has 0 fully saturated rings. The van der Waals surface area contributed by atoms with Gasteiger partial charge in [-0.05, 0) is 44.1 Å². The Balaban J connectivity index is 2.05. The Morgan fingerprint density at radius 3 is 2.46 bits per heavy atom. The van der Waals surface area contributed by atoms with E-state index in [2.05, 4.69) is 43.9 Å². The summed E-state index contributed by atoms with van der Waals surface area (Å²) in [5.74, 6) is 0.108. The Hall–Kier alpha value is -2.33. The maximum atomic E-state index is 13.1. The summed E-state index contributed by atoms with van der Waals surface area (Å²) in [4.78, 5) is 17.5. The van der Waals surface area contributed by atoms with Gasteiger partial charge in [0.2, 0.25) is 0 Å². The number of likely N-dealkylation sites (N-methyl/N-ethyl adjacent to an activating group) is 1. The highest BCUT2D eigenvalue weighted by molar-refractivity contribution is 6.00. The molecule has 4 nitrogen and oxygen atoms in total. The smallest absolute Gasteiger partial charge is 0.255 e. The summed E-state index contributed by atoms with van der Waals surface area (Å²) in [6.45, 7) is 12.0. The number of aryl methyl sites for hydroxylation is 2. The van der Waals surface area contributed by atoms with Crippen LogP contribution in [-0.2, 0) is 0 Å². The van der Waals surface area contributed by atoms with E-state index in [4.69, 9.17) is 5.73 Å². The maximum absolute atomic E-state index is 13.1. The van der Waals surface area contributed by atoms with E-state index in [1.54, 1.807) is 0 Å². The molecule has 26 heavy (non-hydrogen) atoms. The number of nitrogens with zero attached hydrogens (tertiary/aromatic N) is 2. The van der Waals surface area contributed by atoms with Gasteiger partial charge < -0.3 is 15.5 Å². The highest BCUT2D eigenvalue weighted by atomic mass is 16.2. The fraction of sp³-hybridized carbons (Fsp3) is 0.409. The van der Waals surface area contributed by atoms with E-state index in [0.717, 1.165) is 47.6 Å². The first-order chi connectivity index (χ1) is 12.5. The average molecular weight is 351 g/mol. The zero-order chi connectivity index (χ0) is 18.8. The zero-order valence-electron chi connectivity index (χ0n) is 16.2. The standard InChI is InChI=1S/C22H29N3O/c1-5-24(6-2)11-12-25-21(17-9-7-8-10-18(17)22(25)26)19-14-15(3)13-16(4)20(19)23/h7-10,13-14,21H,5-6,11-12,23H2,1-4H3. The number of hydrogen-bond acceptors (Lipinski definition) is 3. The molecule has 2 aromatic carbocycles. The van der Waals surface area contributed by atoms with Gasteiger partial charge in [-0.2, -0.15) is 0 Å². The molecule has 4 heteroatoms. The molecule has 0 bridgehead atoms. The molecule has 2 N–H and O–H groups in total. The molecule has 0 radical (unpaired) electrons. The number of nitrogens with two attached hydrogens (primary N) is 1. The SMILES string of the molecule is CCN(CC)CCN1C(=O)c2ccccc2C1c1cc(C)cc(C)c1N. The fourth-order valence-electron chi connectivity index (χ4n) is 3.96. The first-order valence-electron chi connectivity index (χ1n) is 9.46. The predicted molar refractivity (Wildman–Crippen MR) is 107 cm³/mol. The molecule has 1 aliphatic heterocycles. The van der Waals surface area contributed by atoms with Crippen molar-refractivity contribution in [3.8, 4) is 0 Å². The van der Waals surface area contributed by atoms with E-state index in [-0.39, 0.29) is 11.9 Å². The van der Waals surface area contributed by atoms with Gasteiger partial charge in [0.15, 0.2) is 0 Å². The van der Waals surface area contributed by atoms with Crippen LogP contribution in [0.5, 0.6) is 0 Å². The number of benzene rings is 2. The number of anilines is 1. The second-order valence-electron chi connectivity index (χ2n) is 7.10. The third-order valence-electron chi connectivity index (χ3n) is 5.47. The molecule has 1 atom stereocenters. The first-order valence-corrected chi connectivity index (χ1v) is 9.46. The van der Waals surface area contributed by atoms with E-state index >= 15 is 0 Å². The molecule has 1 heterocycles. The van der Waals surface area contributed by atoms with E-state index < -0.39 is 0 Å². The highest BCUT2D eigenvalue weighted by Crippen LogP contribution is 2.41. The number of nitrogen functional groups attached to an aromatic ring is 1. The molecule has 0 spiro atoms. The zero-order valence-corrected chi connectivity index (χ0v) is 16.2. The van der Waals surface area contributed by atoms with Gasteiger partial charge >= 0.3 is 0 Å². The van der Waals surface area contributed by atoms with Crippen molar-refractivity contribution in [2.24, 2.45) is 0 Å². The van der Waals surface area contributed by atoms with Crippen molar-refractivity contribution in [1.29, 1.82) is 0 Å². The Bertz CT molecular complexity index is 811. The van der Waals surface area contributed by atoms with Crippen LogP contribution in [0.25, 0.3) is 0 Å². The van der Waals surface area contributed by atoms with Crippen molar-refractivity contribution in [3.05, 3.63) is 64.2 Å². The second-order valence-corrected chi connectivity index (χ2v) is 7.10. The van der Waals surface area contributed by atoms with Crippen molar-refractivity contribution in [3.63, 3.8) is 0 Å². The summed E-state index contributed by atoms with van der Waals surface area (Å²) < 4.78 is 0. The van der Waals surface area contributed by atoms with Crippen molar-refractivity contribution >= 4 is 11.6 Å². The van der Waals surface area contributed by atoms with Crippen molar-refractivity contribution in [1.82, 2.24) is 9.80 Å². The van der Waals surface area contributed by atoms with Gasteiger partial charge in [-0.15, -0.1) is 0 Å².